The van der Waals surface area contributed by atoms with Crippen molar-refractivity contribution in [2.75, 3.05) is 24.2 Å². The van der Waals surface area contributed by atoms with Gasteiger partial charge >= 0.3 is 58.2 Å². The van der Waals surface area contributed by atoms with Gasteiger partial charge in [0, 0.05) is 37.1 Å². The molecule has 70 heavy (non-hydrogen) atoms. The van der Waals surface area contributed by atoms with Crippen LogP contribution in [0.4, 0.5) is 39.5 Å². The number of nitrogens with zero attached hydrogens (tertiary/aromatic N) is 10. The predicted octanol–water partition coefficient (Wildman–Crippen LogP) is 8.74. The minimum absolute atomic E-state index is 0. The summed E-state index contributed by atoms with van der Waals surface area (Å²) >= 11 is 35.3. The molecule has 5 heterocycles. The zero-order chi connectivity index (χ0) is 51.6. The molecule has 387 valence electrons. The van der Waals surface area contributed by atoms with Gasteiger partial charge in [-0.3, -0.25) is 9.97 Å². The standard InChI is InChI=1S/C8H7ClF2N2O2.C6H4ClF2IN2.C6H5ClF2N2O.C6H3ClFIN2.C4H2BrClN2.C4H5BrF2O2.Cu.Na.H2O/c1-2-15-7(14)8(10,11)5-3-13-6(9)4-12-5;7-5-2-11-4(1-12-5)6(8,9)3-10;7-5-2-10-4(1-11-5)6(8,9)3-12;7-6-3-10-5(2-11-6)4(8)1-9;5-3-1-8-4(6)2-7-3;1-2-9-3(8)4(5,6)7;;;/h3-4H,2H2,1H3;1-2H,3H2;1-2,12H,3H2;1-3H;1-2H;2H2,1H3;;;1H2/q;;;;;;;+1;/p-1/b;;;4-1-;;;;;. The second-order valence-corrected chi connectivity index (χ2v) is 15.9. The molecule has 0 unspecified atom stereocenters. The van der Waals surface area contributed by atoms with Crippen molar-refractivity contribution in [3.8, 4) is 0 Å². The molecule has 36 heteroatoms. The molecule has 0 aromatic carbocycles. The van der Waals surface area contributed by atoms with Crippen LogP contribution < -0.4 is 29.6 Å². The minimum atomic E-state index is -3.80. The first-order valence-corrected chi connectivity index (χ1v) is 23.1. The fourth-order valence-electron chi connectivity index (χ4n) is 2.95. The summed E-state index contributed by atoms with van der Waals surface area (Å²) in [7, 11) is 0. The summed E-state index contributed by atoms with van der Waals surface area (Å²) in [5.74, 6) is -13.7. The first-order valence-electron chi connectivity index (χ1n) is 16.8. The van der Waals surface area contributed by atoms with Crippen LogP contribution in [0.1, 0.15) is 36.6 Å². The maximum Gasteiger partial charge on any atom is 1.00 e. The second-order valence-electron chi connectivity index (χ2n) is 10.7. The maximum absolute atomic E-state index is 13.2. The molecule has 0 saturated heterocycles. The van der Waals surface area contributed by atoms with Crippen molar-refractivity contribution in [1.82, 2.24) is 49.8 Å². The van der Waals surface area contributed by atoms with E-state index in [2.05, 4.69) is 75.2 Å². The number of halogens is 18. The average molecular weight is 1520 g/mol. The van der Waals surface area contributed by atoms with E-state index in [1.165, 1.54) is 36.5 Å². The number of carbonyl (C=O) groups is 2. The second kappa shape index (κ2) is 38.3. The molecule has 0 amide bonds. The van der Waals surface area contributed by atoms with E-state index < -0.39 is 58.4 Å². The van der Waals surface area contributed by atoms with E-state index in [9.17, 15) is 49.1 Å². The van der Waals surface area contributed by atoms with Gasteiger partial charge in [-0.1, -0.05) is 80.6 Å². The Labute approximate surface area is 492 Å². The Hall–Kier alpha value is -1.24. The van der Waals surface area contributed by atoms with Gasteiger partial charge in [-0.15, -0.1) is 0 Å². The fraction of sp³-hybridized carbons (Fsp3) is 0.294. The Morgan fingerprint density at radius 3 is 1.26 bits per heavy atom. The molecule has 0 spiro atoms. The van der Waals surface area contributed by atoms with Crippen LogP contribution in [0.5, 0.6) is 0 Å². The molecular weight excluding hydrogens is 1490 g/mol. The van der Waals surface area contributed by atoms with Crippen LogP contribution in [0.2, 0.25) is 25.8 Å². The molecule has 1 radical (unpaired) electrons. The quantitative estimate of drug-likeness (QED) is 0.0453. The molecule has 0 aliphatic rings. The van der Waals surface area contributed by atoms with Crippen molar-refractivity contribution >= 4 is 153 Å². The first-order chi connectivity index (χ1) is 31.1. The number of carbonyl (C=O) groups excluding carboxylic acids is 2. The van der Waals surface area contributed by atoms with Gasteiger partial charge in [0.2, 0.25) is 0 Å². The Bertz CT molecular complexity index is 2200. The van der Waals surface area contributed by atoms with E-state index >= 15 is 0 Å². The largest absolute Gasteiger partial charge is 1.00 e. The van der Waals surface area contributed by atoms with Crippen LogP contribution in [0.25, 0.3) is 5.83 Å². The summed E-state index contributed by atoms with van der Waals surface area (Å²) in [6.07, 6.45) is 11.2. The number of aromatic nitrogens is 10. The number of alkyl halides is 10. The van der Waals surface area contributed by atoms with Crippen molar-refractivity contribution in [2.24, 2.45) is 0 Å². The van der Waals surface area contributed by atoms with Gasteiger partial charge in [-0.25, -0.2) is 53.9 Å². The van der Waals surface area contributed by atoms with E-state index in [-0.39, 0.29) is 102 Å². The molecule has 2 N–H and O–H groups in total. The van der Waals surface area contributed by atoms with Gasteiger partial charge in [0.25, 0.3) is 5.92 Å². The Morgan fingerprint density at radius 2 is 0.986 bits per heavy atom. The smallest absolute Gasteiger partial charge is 0.870 e. The van der Waals surface area contributed by atoms with Crippen LogP contribution in [0, 0.1) is 0 Å². The van der Waals surface area contributed by atoms with Crippen molar-refractivity contribution in [1.29, 1.82) is 0 Å². The van der Waals surface area contributed by atoms with Gasteiger partial charge < -0.3 is 20.1 Å². The van der Waals surface area contributed by atoms with E-state index in [1.807, 2.05) is 15.9 Å². The van der Waals surface area contributed by atoms with Crippen LogP contribution in [0.15, 0.2) is 70.7 Å². The normalized spacial score (nSPS) is 10.7. The topological polar surface area (TPSA) is 232 Å². The molecular formula is C34H27Br2Cl5CuF9I2N10NaO6. The zero-order valence-electron chi connectivity index (χ0n) is 34.8. The third-order valence-corrected chi connectivity index (χ3v) is 9.10. The number of aliphatic hydroxyl groups is 1. The molecule has 5 aromatic rings. The number of hydrogen-bond acceptors (Lipinski definition) is 16. The van der Waals surface area contributed by atoms with Crippen molar-refractivity contribution in [3.63, 3.8) is 0 Å². The molecule has 0 bridgehead atoms. The number of ether oxygens (including phenoxy) is 2. The van der Waals surface area contributed by atoms with Gasteiger partial charge in [0.15, 0.2) is 5.83 Å². The minimum Gasteiger partial charge on any atom is -0.870 e. The number of esters is 2. The summed E-state index contributed by atoms with van der Waals surface area (Å²) < 4.78 is 123. The zero-order valence-corrected chi connectivity index (χ0v) is 49.0. The third kappa shape index (κ3) is 30.8. The monoisotopic (exact) mass is 1510 g/mol. The number of rotatable bonds is 10. The summed E-state index contributed by atoms with van der Waals surface area (Å²) in [5, 5.41) is 9.06. The predicted molar refractivity (Wildman–Crippen MR) is 253 cm³/mol. The summed E-state index contributed by atoms with van der Waals surface area (Å²) in [4.78, 5) is 52.7. The molecule has 0 aliphatic carbocycles. The molecule has 16 nitrogen and oxygen atoms in total. The third-order valence-electron chi connectivity index (χ3n) is 5.89. The van der Waals surface area contributed by atoms with Crippen LogP contribution in [-0.2, 0) is 53.9 Å². The number of aliphatic hydroxyl groups excluding tert-OH is 1. The van der Waals surface area contributed by atoms with Gasteiger partial charge in [-0.05, 0) is 52.4 Å². The fourth-order valence-corrected chi connectivity index (χ4v) is 4.47. The van der Waals surface area contributed by atoms with Gasteiger partial charge in [0.05, 0.1) is 79.6 Å². The van der Waals surface area contributed by atoms with Crippen molar-refractivity contribution in [3.05, 3.63) is 119 Å². The summed E-state index contributed by atoms with van der Waals surface area (Å²) in [5.41, 5.74) is -1.52. The molecule has 5 aromatic heterocycles. The van der Waals surface area contributed by atoms with Crippen molar-refractivity contribution < 1.29 is 116 Å². The summed E-state index contributed by atoms with van der Waals surface area (Å²) in [6.45, 7) is 1.43. The Kier molecular flexibility index (Phi) is 41.2. The van der Waals surface area contributed by atoms with E-state index in [0.29, 0.717) is 9.76 Å². The molecule has 0 aliphatic heterocycles. The van der Waals surface area contributed by atoms with Crippen molar-refractivity contribution in [2.45, 2.75) is 36.4 Å². The molecule has 0 saturated carbocycles. The van der Waals surface area contributed by atoms with Gasteiger partial charge in [-0.2, -0.15) is 35.1 Å². The van der Waals surface area contributed by atoms with Crippen LogP contribution in [-0.4, -0.2) is 101 Å². The maximum atomic E-state index is 13.2. The SMILES string of the molecule is CCOC(=O)C(F)(F)Br.CCOC(=O)C(F)(F)c1cnc(Cl)cn1.Clc1cnc(Br)cn1.F/C(=C\I)c1cnc(Cl)cn1.FC(F)(CI)c1cnc(Cl)cn1.OCC(F)(F)c1cnc(Cl)cn1.[Cu].[Na+].[OH-]. The Morgan fingerprint density at radius 1 is 0.629 bits per heavy atom. The average Bonchev–Trinajstić information content (AvgIpc) is 3.29. The Balaban J connectivity index is -0.000000374. The van der Waals surface area contributed by atoms with Crippen LogP contribution >= 0.6 is 135 Å². The van der Waals surface area contributed by atoms with Crippen LogP contribution in [0.3, 0.4) is 0 Å². The van der Waals surface area contributed by atoms with E-state index in [0.717, 1.165) is 37.2 Å². The molecule has 0 fully saturated rings. The van der Waals surface area contributed by atoms with E-state index in [4.69, 9.17) is 63.1 Å². The summed E-state index contributed by atoms with van der Waals surface area (Å²) in [6, 6.07) is 0. The van der Waals surface area contributed by atoms with Gasteiger partial charge in [0.1, 0.15) is 59.8 Å². The van der Waals surface area contributed by atoms with E-state index in [1.54, 1.807) is 51.4 Å². The first kappa shape index (κ1) is 75.3. The molecule has 5 rings (SSSR count). The number of hydrogen-bond donors (Lipinski definition) is 1. The molecule has 0 atom stereocenters.